The zero-order valence-corrected chi connectivity index (χ0v) is 11.9. The Balaban J connectivity index is 2.56. The van der Waals surface area contributed by atoms with E-state index in [2.05, 4.69) is 0 Å². The molecule has 1 saturated carbocycles. The third kappa shape index (κ3) is 2.05. The number of benzene rings is 1. The fourth-order valence-electron chi connectivity index (χ4n) is 2.73. The van der Waals surface area contributed by atoms with Gasteiger partial charge >= 0.3 is 0 Å². The van der Waals surface area contributed by atoms with Gasteiger partial charge in [-0.3, -0.25) is 4.79 Å². The summed E-state index contributed by atoms with van der Waals surface area (Å²) < 4.78 is 16.0. The third-order valence-corrected chi connectivity index (χ3v) is 4.10. The maximum atomic E-state index is 12.0. The Labute approximate surface area is 113 Å². The van der Waals surface area contributed by atoms with Crippen molar-refractivity contribution in [2.45, 2.75) is 31.6 Å². The maximum absolute atomic E-state index is 12.0. The van der Waals surface area contributed by atoms with E-state index >= 15 is 0 Å². The van der Waals surface area contributed by atoms with Crippen LogP contribution >= 0.6 is 0 Å². The Morgan fingerprint density at radius 3 is 1.84 bits per heavy atom. The molecule has 0 unspecified atom stereocenters. The fraction of sp³-hybridized carbons (Fsp3) is 0.533. The molecule has 0 aromatic heterocycles. The first-order valence-electron chi connectivity index (χ1n) is 6.40. The predicted octanol–water partition coefficient (Wildman–Crippen LogP) is 2.72. The lowest BCUT2D eigenvalue weighted by molar-refractivity contribution is -0.125. The molecule has 0 amide bonds. The Morgan fingerprint density at radius 1 is 1.05 bits per heavy atom. The third-order valence-electron chi connectivity index (χ3n) is 4.10. The van der Waals surface area contributed by atoms with Crippen LogP contribution in [0.5, 0.6) is 17.2 Å². The standard InChI is InChI=1S/C15H20O4/c1-10(16)15(6-5-7-15)11-8-12(17-2)14(19-4)13(9-11)18-3/h8-9H,5-7H2,1-4H3. The van der Waals surface area contributed by atoms with Crippen LogP contribution in [0.4, 0.5) is 0 Å². The highest BCUT2D eigenvalue weighted by Gasteiger charge is 2.44. The molecule has 4 nitrogen and oxygen atoms in total. The molecule has 0 heterocycles. The van der Waals surface area contributed by atoms with Crippen molar-refractivity contribution in [3.63, 3.8) is 0 Å². The summed E-state index contributed by atoms with van der Waals surface area (Å²) in [5, 5.41) is 0. The summed E-state index contributed by atoms with van der Waals surface area (Å²) in [5.74, 6) is 1.97. The summed E-state index contributed by atoms with van der Waals surface area (Å²) in [6.07, 6.45) is 2.86. The van der Waals surface area contributed by atoms with Gasteiger partial charge in [0.05, 0.1) is 26.7 Å². The number of carbonyl (C=O) groups excluding carboxylic acids is 1. The molecule has 1 aromatic rings. The van der Waals surface area contributed by atoms with Gasteiger partial charge in [-0.2, -0.15) is 0 Å². The molecule has 0 atom stereocenters. The van der Waals surface area contributed by atoms with Crippen LogP contribution in [-0.4, -0.2) is 27.1 Å². The lowest BCUT2D eigenvalue weighted by Crippen LogP contribution is -2.41. The smallest absolute Gasteiger partial charge is 0.203 e. The van der Waals surface area contributed by atoms with Gasteiger partial charge in [-0.25, -0.2) is 0 Å². The summed E-state index contributed by atoms with van der Waals surface area (Å²) in [4.78, 5) is 12.0. The first-order chi connectivity index (χ1) is 9.08. The van der Waals surface area contributed by atoms with E-state index in [0.29, 0.717) is 17.2 Å². The van der Waals surface area contributed by atoms with Crippen molar-refractivity contribution >= 4 is 5.78 Å². The largest absolute Gasteiger partial charge is 0.493 e. The quantitative estimate of drug-likeness (QED) is 0.820. The van der Waals surface area contributed by atoms with Crippen LogP contribution in [0.3, 0.4) is 0 Å². The Morgan fingerprint density at radius 2 is 1.58 bits per heavy atom. The number of carbonyl (C=O) groups is 1. The Bertz CT molecular complexity index is 464. The van der Waals surface area contributed by atoms with E-state index in [1.165, 1.54) is 0 Å². The average Bonchev–Trinajstić information content (AvgIpc) is 2.35. The molecule has 0 bridgehead atoms. The minimum Gasteiger partial charge on any atom is -0.493 e. The molecule has 0 aliphatic heterocycles. The van der Waals surface area contributed by atoms with Crippen molar-refractivity contribution in [3.8, 4) is 17.2 Å². The average molecular weight is 264 g/mol. The van der Waals surface area contributed by atoms with Crippen molar-refractivity contribution < 1.29 is 19.0 Å². The van der Waals surface area contributed by atoms with Crippen LogP contribution in [0.25, 0.3) is 0 Å². The second-order valence-corrected chi connectivity index (χ2v) is 4.91. The van der Waals surface area contributed by atoms with Crippen LogP contribution < -0.4 is 14.2 Å². The number of ether oxygens (including phenoxy) is 3. The molecule has 0 saturated heterocycles. The Kier molecular flexibility index (Phi) is 3.69. The van der Waals surface area contributed by atoms with Gasteiger partial charge in [-0.15, -0.1) is 0 Å². The first kappa shape index (κ1) is 13.7. The van der Waals surface area contributed by atoms with E-state index in [1.807, 2.05) is 12.1 Å². The summed E-state index contributed by atoms with van der Waals surface area (Å²) in [6.45, 7) is 1.66. The molecule has 19 heavy (non-hydrogen) atoms. The molecule has 104 valence electrons. The number of hydrogen-bond acceptors (Lipinski definition) is 4. The number of ketones is 1. The number of Topliss-reactive ketones (excluding diaryl/α,β-unsaturated/α-hetero) is 1. The lowest BCUT2D eigenvalue weighted by Gasteiger charge is -2.40. The normalized spacial score (nSPS) is 16.4. The first-order valence-corrected chi connectivity index (χ1v) is 6.40. The SMILES string of the molecule is COc1cc(C2(C(C)=O)CCC2)cc(OC)c1OC. The number of hydrogen-bond donors (Lipinski definition) is 0. The van der Waals surface area contributed by atoms with Crippen molar-refractivity contribution in [3.05, 3.63) is 17.7 Å². The van der Waals surface area contributed by atoms with Gasteiger partial charge in [0, 0.05) is 0 Å². The predicted molar refractivity (Wildman–Crippen MR) is 72.3 cm³/mol. The molecule has 2 rings (SSSR count). The van der Waals surface area contributed by atoms with Gasteiger partial charge in [-0.05, 0) is 37.5 Å². The lowest BCUT2D eigenvalue weighted by atomic mass is 9.62. The van der Waals surface area contributed by atoms with Crippen LogP contribution in [0, 0.1) is 0 Å². The van der Waals surface area contributed by atoms with Gasteiger partial charge in [0.25, 0.3) is 0 Å². The number of methoxy groups -OCH3 is 3. The second kappa shape index (κ2) is 5.11. The summed E-state index contributed by atoms with van der Waals surface area (Å²) in [6, 6.07) is 3.78. The van der Waals surface area contributed by atoms with E-state index in [-0.39, 0.29) is 11.2 Å². The van der Waals surface area contributed by atoms with Gasteiger partial charge in [0.1, 0.15) is 5.78 Å². The minimum atomic E-state index is -0.368. The molecule has 0 N–H and O–H groups in total. The van der Waals surface area contributed by atoms with Crippen LogP contribution in [0.1, 0.15) is 31.7 Å². The molecule has 0 spiro atoms. The van der Waals surface area contributed by atoms with Gasteiger partial charge < -0.3 is 14.2 Å². The molecule has 4 heteroatoms. The van der Waals surface area contributed by atoms with E-state index in [4.69, 9.17) is 14.2 Å². The molecule has 1 aromatic carbocycles. The van der Waals surface area contributed by atoms with Crippen molar-refractivity contribution in [1.29, 1.82) is 0 Å². The van der Waals surface area contributed by atoms with Gasteiger partial charge in [-0.1, -0.05) is 6.42 Å². The van der Waals surface area contributed by atoms with Gasteiger partial charge in [0.15, 0.2) is 11.5 Å². The molecule has 1 aliphatic rings. The van der Waals surface area contributed by atoms with Crippen molar-refractivity contribution in [1.82, 2.24) is 0 Å². The topological polar surface area (TPSA) is 44.8 Å². The summed E-state index contributed by atoms with van der Waals surface area (Å²) >= 11 is 0. The molecule has 1 aliphatic carbocycles. The fourth-order valence-corrected chi connectivity index (χ4v) is 2.73. The van der Waals surface area contributed by atoms with E-state index in [9.17, 15) is 4.79 Å². The molecular formula is C15H20O4. The van der Waals surface area contributed by atoms with Crippen LogP contribution in [0.2, 0.25) is 0 Å². The second-order valence-electron chi connectivity index (χ2n) is 4.91. The van der Waals surface area contributed by atoms with Crippen LogP contribution in [0.15, 0.2) is 12.1 Å². The van der Waals surface area contributed by atoms with Crippen LogP contribution in [-0.2, 0) is 10.2 Å². The molecular weight excluding hydrogens is 244 g/mol. The highest BCUT2D eigenvalue weighted by molar-refractivity contribution is 5.89. The van der Waals surface area contributed by atoms with Gasteiger partial charge in [0.2, 0.25) is 5.75 Å². The van der Waals surface area contributed by atoms with E-state index in [0.717, 1.165) is 24.8 Å². The molecule has 1 fully saturated rings. The number of rotatable bonds is 5. The zero-order valence-electron chi connectivity index (χ0n) is 11.9. The zero-order chi connectivity index (χ0) is 14.0. The summed E-state index contributed by atoms with van der Waals surface area (Å²) in [5.41, 5.74) is 0.591. The molecule has 0 radical (unpaired) electrons. The Hall–Kier alpha value is -1.71. The van der Waals surface area contributed by atoms with E-state index < -0.39 is 0 Å². The van der Waals surface area contributed by atoms with Crippen molar-refractivity contribution in [2.24, 2.45) is 0 Å². The van der Waals surface area contributed by atoms with Crippen molar-refractivity contribution in [2.75, 3.05) is 21.3 Å². The monoisotopic (exact) mass is 264 g/mol. The highest BCUT2D eigenvalue weighted by Crippen LogP contribution is 2.49. The minimum absolute atomic E-state index is 0.202. The van der Waals surface area contributed by atoms with E-state index in [1.54, 1.807) is 28.3 Å². The maximum Gasteiger partial charge on any atom is 0.203 e. The summed E-state index contributed by atoms with van der Waals surface area (Å²) in [7, 11) is 4.74. The highest BCUT2D eigenvalue weighted by atomic mass is 16.5.